The Hall–Kier alpha value is -2.54. The van der Waals surface area contributed by atoms with Gasteiger partial charge in [-0.2, -0.15) is 9.97 Å². The molecule has 12 heteroatoms. The number of aliphatic hydroxyl groups excluding tert-OH is 2. The van der Waals surface area contributed by atoms with E-state index in [1.807, 2.05) is 31.2 Å². The molecule has 0 aliphatic carbocycles. The third-order valence-corrected chi connectivity index (χ3v) is 5.54. The van der Waals surface area contributed by atoms with E-state index in [4.69, 9.17) is 5.11 Å². The van der Waals surface area contributed by atoms with E-state index < -0.39 is 6.10 Å². The molecule has 6 N–H and O–H groups in total. The lowest BCUT2D eigenvalue weighted by molar-refractivity contribution is 0.177. The molecular weight excluding hydrogens is 544 g/mol. The number of aliphatic hydroxyl groups is 2. The van der Waals surface area contributed by atoms with Crippen molar-refractivity contribution < 1.29 is 10.2 Å². The fraction of sp³-hybridized carbons (Fsp3) is 0.300. The molecule has 0 fully saturated rings. The van der Waals surface area contributed by atoms with E-state index in [1.165, 1.54) is 0 Å². The van der Waals surface area contributed by atoms with Gasteiger partial charge in [-0.05, 0) is 70.0 Å². The maximum atomic E-state index is 9.71. The Labute approximate surface area is 202 Å². The van der Waals surface area contributed by atoms with Crippen molar-refractivity contribution in [2.45, 2.75) is 26.0 Å². The summed E-state index contributed by atoms with van der Waals surface area (Å²) in [7, 11) is 0. The molecule has 0 aliphatic heterocycles. The van der Waals surface area contributed by atoms with Crippen LogP contribution in [0.15, 0.2) is 45.6 Å². The van der Waals surface area contributed by atoms with Crippen molar-refractivity contribution in [1.29, 1.82) is 0 Å². The minimum atomic E-state index is -0.524. The van der Waals surface area contributed by atoms with Crippen molar-refractivity contribution in [3.63, 3.8) is 0 Å². The highest BCUT2D eigenvalue weighted by Crippen LogP contribution is 2.25. The first-order valence-electron chi connectivity index (χ1n) is 9.84. The summed E-state index contributed by atoms with van der Waals surface area (Å²) >= 11 is 6.80. The number of hydrogen-bond donors (Lipinski definition) is 6. The number of aromatic nitrogens is 4. The number of halogens is 2. The normalized spacial score (nSPS) is 12.7. The predicted octanol–water partition coefficient (Wildman–Crippen LogP) is 3.86. The fourth-order valence-electron chi connectivity index (χ4n) is 2.49. The van der Waals surface area contributed by atoms with E-state index in [0.29, 0.717) is 39.0 Å². The monoisotopic (exact) mass is 566 g/mol. The number of hydrogen-bond acceptors (Lipinski definition) is 10. The quantitative estimate of drug-likeness (QED) is 0.214. The van der Waals surface area contributed by atoms with Crippen molar-refractivity contribution in [3.05, 3.63) is 45.6 Å². The lowest BCUT2D eigenvalue weighted by Crippen LogP contribution is -2.28. The van der Waals surface area contributed by atoms with Crippen molar-refractivity contribution in [2.75, 3.05) is 34.4 Å². The number of anilines is 6. The summed E-state index contributed by atoms with van der Waals surface area (Å²) in [6.07, 6.45) is 2.76. The van der Waals surface area contributed by atoms with E-state index in [2.05, 4.69) is 73.1 Å². The lowest BCUT2D eigenvalue weighted by Gasteiger charge is -2.18. The van der Waals surface area contributed by atoms with Gasteiger partial charge in [-0.25, -0.2) is 9.97 Å². The zero-order valence-electron chi connectivity index (χ0n) is 17.5. The van der Waals surface area contributed by atoms with Crippen LogP contribution in [0.4, 0.5) is 34.9 Å². The van der Waals surface area contributed by atoms with Gasteiger partial charge in [0.2, 0.25) is 11.9 Å². The van der Waals surface area contributed by atoms with Crippen LogP contribution in [-0.2, 0) is 0 Å². The molecule has 0 radical (unpaired) electrons. The number of benzene rings is 1. The summed E-state index contributed by atoms with van der Waals surface area (Å²) in [6, 6.07) is 7.34. The molecule has 0 aliphatic rings. The largest absolute Gasteiger partial charge is 0.395 e. The van der Waals surface area contributed by atoms with Gasteiger partial charge in [0.05, 0.1) is 27.7 Å². The van der Waals surface area contributed by atoms with E-state index in [0.717, 1.165) is 11.4 Å². The summed E-state index contributed by atoms with van der Waals surface area (Å²) in [6.45, 7) is 3.99. The van der Waals surface area contributed by atoms with Crippen LogP contribution in [0.5, 0.6) is 0 Å². The highest BCUT2D eigenvalue weighted by Gasteiger charge is 2.13. The van der Waals surface area contributed by atoms with Crippen LogP contribution in [0, 0.1) is 0 Å². The molecule has 0 saturated heterocycles. The van der Waals surface area contributed by atoms with E-state index in [9.17, 15) is 5.11 Å². The van der Waals surface area contributed by atoms with Gasteiger partial charge >= 0.3 is 0 Å². The molecule has 0 spiro atoms. The molecular formula is C20H24Br2N8O2. The molecule has 3 rings (SSSR count). The molecule has 170 valence electrons. The third kappa shape index (κ3) is 6.73. The smallest absolute Gasteiger partial charge is 0.229 e. The van der Waals surface area contributed by atoms with E-state index >= 15 is 0 Å². The van der Waals surface area contributed by atoms with Gasteiger partial charge in [-0.15, -0.1) is 0 Å². The van der Waals surface area contributed by atoms with Crippen LogP contribution in [0.25, 0.3) is 0 Å². The molecule has 0 saturated carbocycles. The highest BCUT2D eigenvalue weighted by molar-refractivity contribution is 9.11. The van der Waals surface area contributed by atoms with Gasteiger partial charge < -0.3 is 31.5 Å². The molecule has 2 atom stereocenters. The summed E-state index contributed by atoms with van der Waals surface area (Å²) < 4.78 is 1.42. The Kier molecular flexibility index (Phi) is 8.56. The van der Waals surface area contributed by atoms with Crippen LogP contribution < -0.4 is 21.3 Å². The SMILES string of the molecule is C[C@@H](O)[C@@H](C)Nc1nc(Nc2ccc(Nc3ncc(Br)c(NCCO)n3)cc2)ncc1Br. The zero-order chi connectivity index (χ0) is 23.1. The first-order chi connectivity index (χ1) is 15.4. The minimum absolute atomic E-state index is 0.00683. The molecule has 0 unspecified atom stereocenters. The lowest BCUT2D eigenvalue weighted by atomic mass is 10.2. The van der Waals surface area contributed by atoms with Gasteiger partial charge in [0.25, 0.3) is 0 Å². The molecule has 32 heavy (non-hydrogen) atoms. The Morgan fingerprint density at radius 3 is 1.88 bits per heavy atom. The van der Waals surface area contributed by atoms with Crippen molar-refractivity contribution >= 4 is 66.8 Å². The second-order valence-corrected chi connectivity index (χ2v) is 8.64. The average Bonchev–Trinajstić information content (AvgIpc) is 2.77. The van der Waals surface area contributed by atoms with Crippen LogP contribution in [0.1, 0.15) is 13.8 Å². The van der Waals surface area contributed by atoms with Crippen LogP contribution >= 0.6 is 31.9 Å². The molecule has 10 nitrogen and oxygen atoms in total. The van der Waals surface area contributed by atoms with Gasteiger partial charge in [0, 0.05) is 30.3 Å². The maximum absolute atomic E-state index is 9.71. The summed E-state index contributed by atoms with van der Waals surface area (Å²) in [5.41, 5.74) is 1.60. The minimum Gasteiger partial charge on any atom is -0.395 e. The topological polar surface area (TPSA) is 140 Å². The predicted molar refractivity (Wildman–Crippen MR) is 133 cm³/mol. The molecule has 1 aromatic carbocycles. The van der Waals surface area contributed by atoms with Crippen LogP contribution in [0.2, 0.25) is 0 Å². The van der Waals surface area contributed by atoms with Crippen LogP contribution in [-0.4, -0.2) is 55.4 Å². The molecule has 3 aromatic rings. The first-order valence-corrected chi connectivity index (χ1v) is 11.4. The Balaban J connectivity index is 1.66. The fourth-order valence-corrected chi connectivity index (χ4v) is 3.12. The molecule has 2 heterocycles. The van der Waals surface area contributed by atoms with Crippen molar-refractivity contribution in [2.24, 2.45) is 0 Å². The highest BCUT2D eigenvalue weighted by atomic mass is 79.9. The van der Waals surface area contributed by atoms with Gasteiger partial charge in [-0.1, -0.05) is 0 Å². The average molecular weight is 568 g/mol. The van der Waals surface area contributed by atoms with Crippen LogP contribution in [0.3, 0.4) is 0 Å². The van der Waals surface area contributed by atoms with Crippen molar-refractivity contribution in [1.82, 2.24) is 19.9 Å². The van der Waals surface area contributed by atoms with E-state index in [1.54, 1.807) is 19.3 Å². The van der Waals surface area contributed by atoms with Gasteiger partial charge in [0.1, 0.15) is 11.6 Å². The standard InChI is InChI=1S/C20H24Br2N8O2/c1-11(12(2)32)26-18-16(22)10-25-20(30-18)28-14-5-3-13(4-6-14)27-19-24-9-15(21)17(29-19)23-7-8-31/h3-6,9-12,31-32H,7-8H2,1-2H3,(H2,23,24,27,29)(H2,25,26,28,30)/t11-,12-/m1/s1. The summed E-state index contributed by atoms with van der Waals surface area (Å²) in [5.74, 6) is 2.03. The Morgan fingerprint density at radius 1 is 0.875 bits per heavy atom. The summed E-state index contributed by atoms with van der Waals surface area (Å²) in [4.78, 5) is 17.4. The Morgan fingerprint density at radius 2 is 1.38 bits per heavy atom. The maximum Gasteiger partial charge on any atom is 0.229 e. The second kappa shape index (κ2) is 11.4. The Bertz CT molecular complexity index is 1040. The van der Waals surface area contributed by atoms with Gasteiger partial charge in [0.15, 0.2) is 0 Å². The number of nitrogens with one attached hydrogen (secondary N) is 4. The van der Waals surface area contributed by atoms with Crippen molar-refractivity contribution in [3.8, 4) is 0 Å². The number of nitrogens with zero attached hydrogens (tertiary/aromatic N) is 4. The summed E-state index contributed by atoms with van der Waals surface area (Å²) in [5, 5.41) is 31.2. The van der Waals surface area contributed by atoms with E-state index in [-0.39, 0.29) is 12.6 Å². The number of rotatable bonds is 10. The first kappa shape index (κ1) is 24.1. The van der Waals surface area contributed by atoms with Gasteiger partial charge in [-0.3, -0.25) is 0 Å². The molecule has 0 bridgehead atoms. The second-order valence-electron chi connectivity index (χ2n) is 6.93. The third-order valence-electron chi connectivity index (χ3n) is 4.38. The molecule has 2 aromatic heterocycles. The molecule has 0 amide bonds. The zero-order valence-corrected chi connectivity index (χ0v) is 20.6.